The van der Waals surface area contributed by atoms with Crippen LogP contribution < -0.4 is 5.90 Å². The number of hydrogen-bond donors (Lipinski definition) is 8. The predicted octanol–water partition coefficient (Wildman–Crippen LogP) is 2.74. The van der Waals surface area contributed by atoms with Gasteiger partial charge < -0.3 is 35.7 Å². The third kappa shape index (κ3) is 28.5. The van der Waals surface area contributed by atoms with E-state index in [-0.39, 0.29) is 23.4 Å². The van der Waals surface area contributed by atoms with E-state index in [1.165, 1.54) is 11.1 Å². The van der Waals surface area contributed by atoms with Gasteiger partial charge in [-0.05, 0) is 71.3 Å². The van der Waals surface area contributed by atoms with E-state index in [9.17, 15) is 9.59 Å². The summed E-state index contributed by atoms with van der Waals surface area (Å²) in [5, 5.41) is 50.3. The summed E-state index contributed by atoms with van der Waals surface area (Å²) in [6.07, 6.45) is -1.84. The Bertz CT molecular complexity index is 647. The fraction of sp³-hybridized carbons (Fsp3) is 0.647. The number of halogens is 2. The molecule has 201 valence electrons. The molecule has 0 aromatic heterocycles. The number of nitrogens with zero attached hydrogens (tertiary/aromatic N) is 3. The molecule has 1 aliphatic heterocycles. The SMILES string of the molecule is CC(C)=C(C)C.CC1(C)ON=C(Br)C1(C)C.Cl.NO.O=C(O)/C=N/O.O=C(O)C(O)O.[B]=NS. The van der Waals surface area contributed by atoms with Crippen molar-refractivity contribution in [3.05, 3.63) is 11.1 Å². The van der Waals surface area contributed by atoms with Crippen LogP contribution >= 0.6 is 41.2 Å². The zero-order valence-electron chi connectivity index (χ0n) is 20.3. The maximum atomic E-state index is 9.29. The number of hydrogen-bond acceptors (Lipinski definition) is 12. The Morgan fingerprint density at radius 1 is 1.12 bits per heavy atom. The van der Waals surface area contributed by atoms with Gasteiger partial charge >= 0.3 is 36.7 Å². The molecule has 0 amide bonds. The zero-order chi connectivity index (χ0) is 28.0. The first-order chi connectivity index (χ1) is 14.8. The van der Waals surface area contributed by atoms with Crippen molar-refractivity contribution in [3.8, 4) is 0 Å². The van der Waals surface area contributed by atoms with Gasteiger partial charge in [0.05, 0.1) is 5.41 Å². The van der Waals surface area contributed by atoms with Gasteiger partial charge in [-0.15, -0.1) is 12.4 Å². The van der Waals surface area contributed by atoms with Crippen molar-refractivity contribution in [1.29, 1.82) is 0 Å². The number of thiol groups is 1. The second kappa shape index (κ2) is 26.1. The number of aliphatic hydroxyl groups excluding tert-OH is 1. The van der Waals surface area contributed by atoms with Crippen LogP contribution in [-0.4, -0.2) is 73.1 Å². The quantitative estimate of drug-likeness (QED) is 0.0441. The molecule has 1 radical (unpaired) electrons. The van der Waals surface area contributed by atoms with Crippen LogP contribution in [0.5, 0.6) is 0 Å². The average Bonchev–Trinajstić information content (AvgIpc) is 2.87. The molecule has 0 saturated carbocycles. The molecular weight excluding hydrogens is 562 g/mol. The van der Waals surface area contributed by atoms with Gasteiger partial charge in [-0.1, -0.05) is 21.5 Å². The van der Waals surface area contributed by atoms with E-state index in [0.29, 0.717) is 6.21 Å². The monoisotopic (exact) mass is 597 g/mol. The van der Waals surface area contributed by atoms with Gasteiger partial charge in [0.25, 0.3) is 6.29 Å². The Morgan fingerprint density at radius 3 is 1.44 bits per heavy atom. The minimum atomic E-state index is -2.23. The van der Waals surface area contributed by atoms with Crippen LogP contribution in [0.25, 0.3) is 0 Å². The molecule has 1 aliphatic rings. The Kier molecular flexibility index (Phi) is 35.2. The third-order valence-electron chi connectivity index (χ3n) is 3.76. The van der Waals surface area contributed by atoms with Gasteiger partial charge in [-0.2, -0.15) is 0 Å². The fourth-order valence-corrected chi connectivity index (χ4v) is 1.23. The van der Waals surface area contributed by atoms with Gasteiger partial charge in [0.1, 0.15) is 10.2 Å². The van der Waals surface area contributed by atoms with Crippen LogP contribution in [0.2, 0.25) is 0 Å². The van der Waals surface area contributed by atoms with Crippen LogP contribution in [0.4, 0.5) is 0 Å². The van der Waals surface area contributed by atoms with Crippen molar-refractivity contribution in [2.24, 2.45) is 25.9 Å². The summed E-state index contributed by atoms with van der Waals surface area (Å²) in [6.45, 7) is 16.8. The average molecular weight is 599 g/mol. The first kappa shape index (κ1) is 45.9. The van der Waals surface area contributed by atoms with Crippen LogP contribution in [0.3, 0.4) is 0 Å². The molecule has 17 heteroatoms. The van der Waals surface area contributed by atoms with E-state index >= 15 is 0 Å². The molecule has 0 aromatic rings. The molecule has 0 bridgehead atoms. The number of carboxylic acids is 2. The van der Waals surface area contributed by atoms with Gasteiger partial charge in [0.2, 0.25) is 0 Å². The molecule has 0 fully saturated rings. The van der Waals surface area contributed by atoms with Crippen LogP contribution in [-0.2, 0) is 14.4 Å². The van der Waals surface area contributed by atoms with E-state index in [0.717, 1.165) is 4.62 Å². The predicted molar refractivity (Wildman–Crippen MR) is 139 cm³/mol. The number of rotatable bonds is 2. The normalized spacial score (nSPS) is 13.3. The summed E-state index contributed by atoms with van der Waals surface area (Å²) in [7, 11) is 4.34. The van der Waals surface area contributed by atoms with Crippen LogP contribution in [0.1, 0.15) is 55.4 Å². The van der Waals surface area contributed by atoms with E-state index in [2.05, 4.69) is 98.4 Å². The molecule has 34 heavy (non-hydrogen) atoms. The second-order valence-corrected chi connectivity index (χ2v) is 8.00. The molecule has 0 saturated heterocycles. The first-order valence-electron chi connectivity index (χ1n) is 8.67. The Morgan fingerprint density at radius 2 is 1.41 bits per heavy atom. The molecule has 1 heterocycles. The Balaban J connectivity index is -0.0000000734. The van der Waals surface area contributed by atoms with Gasteiger partial charge in [-0.3, -0.25) is 0 Å². The molecule has 0 aromatic carbocycles. The van der Waals surface area contributed by atoms with Crippen molar-refractivity contribution in [2.75, 3.05) is 0 Å². The van der Waals surface area contributed by atoms with Crippen molar-refractivity contribution >= 4 is 71.6 Å². The zero-order valence-corrected chi connectivity index (χ0v) is 23.6. The number of carboxylic acid groups (broad SMARTS) is 2. The molecule has 0 atom stereocenters. The summed E-state index contributed by atoms with van der Waals surface area (Å²) < 4.78 is 3.59. The van der Waals surface area contributed by atoms with Crippen molar-refractivity contribution < 1.29 is 45.3 Å². The number of aliphatic carboxylic acids is 2. The Hall–Kier alpha value is -1.56. The van der Waals surface area contributed by atoms with Crippen LogP contribution in [0.15, 0.2) is 25.8 Å². The van der Waals surface area contributed by atoms with Gasteiger partial charge in [-0.25, -0.2) is 15.5 Å². The molecule has 8 N–H and O–H groups in total. The minimum absolute atomic E-state index is 0. The van der Waals surface area contributed by atoms with Gasteiger partial charge in [0.15, 0.2) is 6.21 Å². The molecular formula is C17H36BBrClN4O9S. The number of nitrogens with two attached hydrogens (primary N) is 1. The third-order valence-corrected chi connectivity index (χ3v) is 4.90. The Labute approximate surface area is 220 Å². The fourth-order valence-electron chi connectivity index (χ4n) is 0.680. The number of oxime groups is 2. The van der Waals surface area contributed by atoms with Crippen molar-refractivity contribution in [3.63, 3.8) is 0 Å². The van der Waals surface area contributed by atoms with E-state index in [4.69, 9.17) is 35.7 Å². The summed E-state index contributed by atoms with van der Waals surface area (Å²) in [6, 6.07) is 0. The van der Waals surface area contributed by atoms with E-state index in [1.54, 1.807) is 0 Å². The number of carbonyl (C=O) groups is 2. The molecule has 13 nitrogen and oxygen atoms in total. The molecule has 0 aliphatic carbocycles. The maximum absolute atomic E-state index is 9.29. The standard InChI is InChI=1S/C7H12BrNO.C6H12.C2H3NO3.C2H4O4.BHNS.ClH.H3NO/c1-6(2)5(8)9-10-7(6,3)4;1-5(2)6(3)4;4-2(5)1-3-6;3-1(4)2(5)6;1-2-3;;1-2/h1-4H3;1-4H3;1,6H,(H,4,5);1,3-4H,(H,5,6);3H;1H;2H,1H2/b;;3-1+;;;;. The summed E-state index contributed by atoms with van der Waals surface area (Å²) in [5.74, 6) is 0.618. The molecule has 0 unspecified atom stereocenters. The molecule has 0 spiro atoms. The number of allylic oxidation sites excluding steroid dienone is 2. The second-order valence-electron chi connectivity index (χ2n) is 7.02. The summed E-state index contributed by atoms with van der Waals surface area (Å²) >= 11 is 6.55. The summed E-state index contributed by atoms with van der Waals surface area (Å²) in [4.78, 5) is 23.7. The van der Waals surface area contributed by atoms with E-state index in [1.807, 2.05) is 13.8 Å². The van der Waals surface area contributed by atoms with Crippen molar-refractivity contribution in [1.82, 2.24) is 0 Å². The summed E-state index contributed by atoms with van der Waals surface area (Å²) in [5.41, 5.74) is 2.66. The topological polar surface area (TPSA) is 228 Å². The van der Waals surface area contributed by atoms with Crippen molar-refractivity contribution in [2.45, 2.75) is 67.3 Å². The molecule has 1 rings (SSSR count). The number of aliphatic hydroxyl groups is 2. The van der Waals surface area contributed by atoms with Gasteiger partial charge in [0, 0.05) is 0 Å². The first-order valence-corrected chi connectivity index (χ1v) is 9.87. The van der Waals surface area contributed by atoms with E-state index < -0.39 is 18.2 Å². The van der Waals surface area contributed by atoms with Crippen LogP contribution in [0, 0.1) is 5.41 Å².